The van der Waals surface area contributed by atoms with E-state index in [1.54, 1.807) is 17.7 Å². The molecule has 1 aromatic carbocycles. The van der Waals surface area contributed by atoms with Gasteiger partial charge in [0.1, 0.15) is 5.82 Å². The summed E-state index contributed by atoms with van der Waals surface area (Å²) in [6, 6.07) is 4.37. The fourth-order valence-corrected chi connectivity index (χ4v) is 4.78. The van der Waals surface area contributed by atoms with Gasteiger partial charge in [-0.2, -0.15) is 4.98 Å². The zero-order chi connectivity index (χ0) is 25.4. The Balaban J connectivity index is 1.87. The molecular weight excluding hydrogens is 475 g/mol. The van der Waals surface area contributed by atoms with Crippen molar-refractivity contribution in [2.24, 2.45) is 20.0 Å². The summed E-state index contributed by atoms with van der Waals surface area (Å²) in [7, 11) is 4.57. The number of benzene rings is 1. The first-order chi connectivity index (χ1) is 16.6. The van der Waals surface area contributed by atoms with Crippen molar-refractivity contribution in [3.8, 4) is 12.3 Å². The molecule has 0 radical (unpaired) electrons. The number of nitrogens with zero attached hydrogens (tertiary/aromatic N) is 6. The van der Waals surface area contributed by atoms with Crippen LogP contribution in [-0.2, 0) is 25.4 Å². The second-order valence-electron chi connectivity index (χ2n) is 8.76. The molecule has 1 unspecified atom stereocenters. The minimum Gasteiger partial charge on any atom is -0.341 e. The molecule has 1 aliphatic heterocycles. The third kappa shape index (κ3) is 4.32. The van der Waals surface area contributed by atoms with Gasteiger partial charge < -0.3 is 9.80 Å². The van der Waals surface area contributed by atoms with E-state index in [1.165, 1.54) is 35.7 Å². The number of terminal acetylenes is 1. The second kappa shape index (κ2) is 9.58. The van der Waals surface area contributed by atoms with Crippen LogP contribution in [0.4, 0.5) is 10.3 Å². The number of fused-ring (bicyclic) bond motifs is 1. The van der Waals surface area contributed by atoms with Gasteiger partial charge in [0.25, 0.3) is 5.56 Å². The number of carbonyl (C=O) groups excluding carboxylic acids is 1. The number of rotatable bonds is 5. The number of anilines is 1. The van der Waals surface area contributed by atoms with Crippen molar-refractivity contribution in [3.05, 3.63) is 55.4 Å². The Morgan fingerprint density at radius 3 is 2.74 bits per heavy atom. The van der Waals surface area contributed by atoms with Gasteiger partial charge in [-0.1, -0.05) is 23.6 Å². The van der Waals surface area contributed by atoms with E-state index in [-0.39, 0.29) is 46.7 Å². The highest BCUT2D eigenvalue weighted by molar-refractivity contribution is 6.31. The van der Waals surface area contributed by atoms with Gasteiger partial charge in [0.2, 0.25) is 11.9 Å². The first-order valence-corrected chi connectivity index (χ1v) is 11.6. The maximum Gasteiger partial charge on any atom is 0.332 e. The highest BCUT2D eigenvalue weighted by atomic mass is 35.5. The third-order valence-corrected chi connectivity index (χ3v) is 6.82. The number of hydrogen-bond acceptors (Lipinski definition) is 5. The van der Waals surface area contributed by atoms with Gasteiger partial charge in [-0.15, -0.1) is 6.42 Å². The van der Waals surface area contributed by atoms with Gasteiger partial charge in [-0.25, -0.2) is 9.18 Å². The van der Waals surface area contributed by atoms with Crippen LogP contribution in [0.5, 0.6) is 0 Å². The summed E-state index contributed by atoms with van der Waals surface area (Å²) in [5.74, 6) is 1.93. The van der Waals surface area contributed by atoms with E-state index in [9.17, 15) is 18.8 Å². The summed E-state index contributed by atoms with van der Waals surface area (Å²) in [5, 5.41) is 0.210. The summed E-state index contributed by atoms with van der Waals surface area (Å²) in [4.78, 5) is 46.7. The van der Waals surface area contributed by atoms with Crippen LogP contribution in [0.1, 0.15) is 18.4 Å². The first-order valence-electron chi connectivity index (χ1n) is 11.2. The molecule has 1 fully saturated rings. The number of piperidine rings is 1. The summed E-state index contributed by atoms with van der Waals surface area (Å²) in [6.07, 6.45) is 6.75. The Morgan fingerprint density at radius 1 is 1.31 bits per heavy atom. The van der Waals surface area contributed by atoms with Crippen molar-refractivity contribution in [3.63, 3.8) is 0 Å². The minimum atomic E-state index is -0.548. The standard InChI is InChI=1S/C24H26ClFN6O3/c1-5-11-28(2)21(33)15-8-7-12-31(13-15)23-27-20-19(22(34)30(4)24(35)29(20)3)32(23)14-16-17(25)9-6-10-18(16)26/h1,6,9-10,15H,7-8,11-14H2,2-4H3. The predicted octanol–water partition coefficient (Wildman–Crippen LogP) is 1.58. The lowest BCUT2D eigenvalue weighted by molar-refractivity contribution is -0.133. The molecule has 0 N–H and O–H groups in total. The quantitative estimate of drug-likeness (QED) is 0.497. The average Bonchev–Trinajstić information content (AvgIpc) is 3.23. The number of amides is 1. The van der Waals surface area contributed by atoms with Crippen LogP contribution in [0.25, 0.3) is 11.2 Å². The predicted molar refractivity (Wildman–Crippen MR) is 132 cm³/mol. The Hall–Kier alpha value is -3.58. The Morgan fingerprint density at radius 2 is 2.06 bits per heavy atom. The van der Waals surface area contributed by atoms with Crippen LogP contribution in [-0.4, -0.2) is 56.2 Å². The highest BCUT2D eigenvalue weighted by Gasteiger charge is 2.31. The van der Waals surface area contributed by atoms with Gasteiger partial charge in [-0.05, 0) is 25.0 Å². The molecule has 1 amide bonds. The third-order valence-electron chi connectivity index (χ3n) is 6.46. The molecule has 4 rings (SSSR count). The van der Waals surface area contributed by atoms with Crippen molar-refractivity contribution in [2.45, 2.75) is 19.4 Å². The van der Waals surface area contributed by atoms with Gasteiger partial charge in [0.05, 0.1) is 19.0 Å². The molecule has 11 heteroatoms. The number of aryl methyl sites for hydroxylation is 1. The van der Waals surface area contributed by atoms with E-state index in [2.05, 4.69) is 10.9 Å². The lowest BCUT2D eigenvalue weighted by atomic mass is 9.97. The molecule has 0 bridgehead atoms. The Bertz CT molecular complexity index is 1450. The molecule has 3 aromatic rings. The van der Waals surface area contributed by atoms with E-state index in [1.807, 2.05) is 4.90 Å². The normalized spacial score (nSPS) is 15.9. The lowest BCUT2D eigenvalue weighted by Crippen LogP contribution is -2.44. The van der Waals surface area contributed by atoms with E-state index >= 15 is 0 Å². The van der Waals surface area contributed by atoms with Crippen LogP contribution >= 0.6 is 11.6 Å². The Kier molecular flexibility index (Phi) is 6.72. The monoisotopic (exact) mass is 500 g/mol. The molecular formula is C24H26ClFN6O3. The van der Waals surface area contributed by atoms with Crippen LogP contribution in [0.2, 0.25) is 5.02 Å². The van der Waals surface area contributed by atoms with Crippen molar-refractivity contribution in [1.29, 1.82) is 0 Å². The van der Waals surface area contributed by atoms with E-state index in [4.69, 9.17) is 18.0 Å². The number of imidazole rings is 1. The molecule has 0 saturated carbocycles. The van der Waals surface area contributed by atoms with Crippen LogP contribution in [0, 0.1) is 24.1 Å². The number of aromatic nitrogens is 4. The smallest absolute Gasteiger partial charge is 0.332 e. The Labute approximate surface area is 206 Å². The van der Waals surface area contributed by atoms with Gasteiger partial charge in [0, 0.05) is 44.8 Å². The second-order valence-corrected chi connectivity index (χ2v) is 9.17. The van der Waals surface area contributed by atoms with E-state index in [0.29, 0.717) is 31.9 Å². The van der Waals surface area contributed by atoms with Gasteiger partial charge in [-0.3, -0.25) is 23.3 Å². The molecule has 2 aromatic heterocycles. The van der Waals surface area contributed by atoms with Crippen LogP contribution < -0.4 is 16.1 Å². The molecule has 1 atom stereocenters. The summed E-state index contributed by atoms with van der Waals surface area (Å²) < 4.78 is 18.6. The molecule has 0 aliphatic carbocycles. The summed E-state index contributed by atoms with van der Waals surface area (Å²) in [6.45, 7) is 1.05. The van der Waals surface area contributed by atoms with Crippen molar-refractivity contribution >= 4 is 34.6 Å². The fraction of sp³-hybridized carbons (Fsp3) is 0.417. The van der Waals surface area contributed by atoms with E-state index < -0.39 is 17.1 Å². The lowest BCUT2D eigenvalue weighted by Gasteiger charge is -2.34. The first kappa shape index (κ1) is 24.5. The number of carbonyl (C=O) groups is 1. The molecule has 1 aliphatic rings. The van der Waals surface area contributed by atoms with Crippen LogP contribution in [0.15, 0.2) is 27.8 Å². The van der Waals surface area contributed by atoms with Gasteiger partial charge >= 0.3 is 5.69 Å². The molecule has 9 nitrogen and oxygen atoms in total. The fourth-order valence-electron chi connectivity index (χ4n) is 4.55. The average molecular weight is 501 g/mol. The van der Waals surface area contributed by atoms with E-state index in [0.717, 1.165) is 4.57 Å². The van der Waals surface area contributed by atoms with Crippen molar-refractivity contribution in [2.75, 3.05) is 31.6 Å². The molecule has 35 heavy (non-hydrogen) atoms. The number of halogens is 2. The largest absolute Gasteiger partial charge is 0.341 e. The minimum absolute atomic E-state index is 0.0725. The maximum absolute atomic E-state index is 14.7. The zero-order valence-electron chi connectivity index (χ0n) is 19.8. The molecule has 1 saturated heterocycles. The van der Waals surface area contributed by atoms with Crippen molar-refractivity contribution < 1.29 is 9.18 Å². The topological polar surface area (TPSA) is 85.4 Å². The summed E-state index contributed by atoms with van der Waals surface area (Å²) >= 11 is 6.30. The summed E-state index contributed by atoms with van der Waals surface area (Å²) in [5.41, 5.74) is -0.540. The number of hydrogen-bond donors (Lipinski definition) is 0. The van der Waals surface area contributed by atoms with Gasteiger partial charge in [0.15, 0.2) is 11.2 Å². The van der Waals surface area contributed by atoms with Crippen molar-refractivity contribution in [1.82, 2.24) is 23.6 Å². The maximum atomic E-state index is 14.7. The SMILES string of the molecule is C#CCN(C)C(=O)C1CCCN(c2nc3c(c(=O)n(C)c(=O)n3C)n2Cc2c(F)cccc2Cl)C1. The van der Waals surface area contributed by atoms with Crippen LogP contribution in [0.3, 0.4) is 0 Å². The molecule has 184 valence electrons. The highest BCUT2D eigenvalue weighted by Crippen LogP contribution is 2.29. The zero-order valence-corrected chi connectivity index (χ0v) is 20.5. The molecule has 3 heterocycles. The molecule has 0 spiro atoms.